The molecule has 41 heavy (non-hydrogen) atoms. The maximum absolute atomic E-state index is 5.97. The van der Waals surface area contributed by atoms with Crippen LogP contribution in [0.4, 0.5) is 0 Å². The van der Waals surface area contributed by atoms with Gasteiger partial charge < -0.3 is 14.4 Å². The Hall–Kier alpha value is -4.37. The van der Waals surface area contributed by atoms with E-state index in [9.17, 15) is 0 Å². The van der Waals surface area contributed by atoms with Crippen molar-refractivity contribution in [3.05, 3.63) is 157 Å². The Morgan fingerprint density at radius 1 is 0.610 bits per heavy atom. The van der Waals surface area contributed by atoms with E-state index >= 15 is 0 Å². The maximum atomic E-state index is 5.97. The zero-order valence-corrected chi connectivity index (χ0v) is 25.2. The molecule has 3 aromatic heterocycles. The first-order valence-corrected chi connectivity index (χ1v) is 13.3. The van der Waals surface area contributed by atoms with Crippen LogP contribution >= 0.6 is 0 Å². The number of hydrogen-bond donors (Lipinski definition) is 0. The SMILES string of the molecule is CC(C)(c1ccccc1)c1cc[c-]c(-c2ccccn2)c1.[Ir].[c-]1ccc2c(oc3ccccc32)c1-c1ccccn1. The molecule has 4 aromatic carbocycles. The molecule has 4 heteroatoms. The van der Waals surface area contributed by atoms with Gasteiger partial charge in [0.25, 0.3) is 0 Å². The van der Waals surface area contributed by atoms with E-state index < -0.39 is 0 Å². The quantitative estimate of drug-likeness (QED) is 0.171. The number of nitrogens with zero attached hydrogens (tertiary/aromatic N) is 2. The van der Waals surface area contributed by atoms with Crippen LogP contribution in [-0.4, -0.2) is 9.97 Å². The summed E-state index contributed by atoms with van der Waals surface area (Å²) in [7, 11) is 0. The van der Waals surface area contributed by atoms with Gasteiger partial charge in [0.1, 0.15) is 5.58 Å². The summed E-state index contributed by atoms with van der Waals surface area (Å²) < 4.78 is 5.97. The van der Waals surface area contributed by atoms with Crippen LogP contribution in [0.3, 0.4) is 0 Å². The van der Waals surface area contributed by atoms with E-state index in [1.807, 2.05) is 79.0 Å². The van der Waals surface area contributed by atoms with Crippen LogP contribution in [0.15, 0.2) is 138 Å². The smallest absolute Gasteiger partial charge is 0.120 e. The molecular weight excluding hydrogens is 681 g/mol. The zero-order valence-electron chi connectivity index (χ0n) is 22.8. The first-order valence-electron chi connectivity index (χ1n) is 13.3. The summed E-state index contributed by atoms with van der Waals surface area (Å²) in [5.74, 6) is 0. The summed E-state index contributed by atoms with van der Waals surface area (Å²) >= 11 is 0. The Bertz CT molecular complexity index is 1860. The van der Waals surface area contributed by atoms with Crippen molar-refractivity contribution in [1.29, 1.82) is 0 Å². The van der Waals surface area contributed by atoms with Gasteiger partial charge in [-0.2, -0.15) is 0 Å². The predicted molar refractivity (Wildman–Crippen MR) is 163 cm³/mol. The third-order valence-corrected chi connectivity index (χ3v) is 7.22. The van der Waals surface area contributed by atoms with Crippen molar-refractivity contribution in [1.82, 2.24) is 9.97 Å². The summed E-state index contributed by atoms with van der Waals surface area (Å²) in [5, 5.41) is 2.23. The third kappa shape index (κ3) is 5.90. The predicted octanol–water partition coefficient (Wildman–Crippen LogP) is 9.32. The Labute approximate surface area is 254 Å². The Balaban J connectivity index is 0.000000161. The Morgan fingerprint density at radius 3 is 2.00 bits per heavy atom. The van der Waals surface area contributed by atoms with Crippen LogP contribution in [0.1, 0.15) is 25.0 Å². The zero-order chi connectivity index (χ0) is 27.4. The van der Waals surface area contributed by atoms with E-state index in [1.54, 1.807) is 6.20 Å². The molecule has 0 aliphatic carbocycles. The average molecular weight is 709 g/mol. The van der Waals surface area contributed by atoms with Gasteiger partial charge in [-0.05, 0) is 40.6 Å². The number of furan rings is 1. The molecule has 0 spiro atoms. The average Bonchev–Trinajstić information content (AvgIpc) is 3.42. The Kier molecular flexibility index (Phi) is 8.54. The number of para-hydroxylation sites is 1. The molecule has 0 saturated heterocycles. The third-order valence-electron chi connectivity index (χ3n) is 7.22. The second-order valence-corrected chi connectivity index (χ2v) is 10.1. The Morgan fingerprint density at radius 2 is 1.27 bits per heavy atom. The summed E-state index contributed by atoms with van der Waals surface area (Å²) in [4.78, 5) is 8.79. The first-order chi connectivity index (χ1) is 19.6. The molecule has 0 amide bonds. The van der Waals surface area contributed by atoms with E-state index in [2.05, 4.69) is 84.5 Å². The van der Waals surface area contributed by atoms with Crippen molar-refractivity contribution in [2.45, 2.75) is 19.3 Å². The van der Waals surface area contributed by atoms with Crippen LogP contribution in [0.5, 0.6) is 0 Å². The number of hydrogen-bond acceptors (Lipinski definition) is 3. The molecule has 0 fully saturated rings. The molecule has 3 nitrogen and oxygen atoms in total. The minimum atomic E-state index is -0.0418. The number of fused-ring (bicyclic) bond motifs is 3. The van der Waals surface area contributed by atoms with Gasteiger partial charge >= 0.3 is 0 Å². The molecule has 0 atom stereocenters. The van der Waals surface area contributed by atoms with Crippen LogP contribution in [0.2, 0.25) is 0 Å². The molecule has 0 N–H and O–H groups in total. The fourth-order valence-corrected chi connectivity index (χ4v) is 4.94. The number of rotatable bonds is 4. The minimum Gasteiger partial charge on any atom is -0.501 e. The van der Waals surface area contributed by atoms with E-state index in [0.717, 1.165) is 44.5 Å². The first kappa shape index (κ1) is 28.2. The van der Waals surface area contributed by atoms with E-state index in [0.29, 0.717) is 0 Å². The van der Waals surface area contributed by atoms with Crippen molar-refractivity contribution in [2.75, 3.05) is 0 Å². The van der Waals surface area contributed by atoms with Gasteiger partial charge in [-0.25, -0.2) is 0 Å². The van der Waals surface area contributed by atoms with E-state index in [1.165, 1.54) is 11.1 Å². The second kappa shape index (κ2) is 12.4. The van der Waals surface area contributed by atoms with Gasteiger partial charge in [0.15, 0.2) is 0 Å². The van der Waals surface area contributed by atoms with Gasteiger partial charge in [0, 0.05) is 37.9 Å². The van der Waals surface area contributed by atoms with Crippen molar-refractivity contribution in [3.63, 3.8) is 0 Å². The van der Waals surface area contributed by atoms with E-state index in [4.69, 9.17) is 4.42 Å². The fraction of sp³-hybridized carbons (Fsp3) is 0.0811. The van der Waals surface area contributed by atoms with E-state index in [-0.39, 0.29) is 25.5 Å². The molecule has 0 aliphatic rings. The van der Waals surface area contributed by atoms with Gasteiger partial charge in [-0.15, -0.1) is 53.6 Å². The normalized spacial score (nSPS) is 11.0. The molecule has 0 aliphatic heterocycles. The maximum Gasteiger partial charge on any atom is 0.120 e. The van der Waals surface area contributed by atoms with Crippen LogP contribution < -0.4 is 0 Å². The molecule has 0 bridgehead atoms. The molecule has 0 unspecified atom stereocenters. The van der Waals surface area contributed by atoms with Crippen molar-refractivity contribution < 1.29 is 24.5 Å². The van der Waals surface area contributed by atoms with Gasteiger partial charge in [0.05, 0.1) is 5.58 Å². The van der Waals surface area contributed by atoms with Gasteiger partial charge in [0.2, 0.25) is 0 Å². The number of pyridine rings is 2. The topological polar surface area (TPSA) is 38.9 Å². The van der Waals surface area contributed by atoms with Crippen molar-refractivity contribution in [2.24, 2.45) is 0 Å². The largest absolute Gasteiger partial charge is 0.501 e. The monoisotopic (exact) mass is 709 g/mol. The molecule has 0 saturated carbocycles. The molecule has 7 aromatic rings. The number of benzene rings is 4. The van der Waals surface area contributed by atoms with Crippen molar-refractivity contribution >= 4 is 21.9 Å². The summed E-state index contributed by atoms with van der Waals surface area (Å²) in [6.45, 7) is 4.50. The van der Waals surface area contributed by atoms with Crippen LogP contribution in [-0.2, 0) is 25.5 Å². The summed E-state index contributed by atoms with van der Waals surface area (Å²) in [6.07, 6.45) is 3.60. The number of aromatic nitrogens is 2. The van der Waals surface area contributed by atoms with Crippen LogP contribution in [0, 0.1) is 12.1 Å². The molecule has 203 valence electrons. The summed E-state index contributed by atoms with van der Waals surface area (Å²) in [5.41, 5.74) is 8.08. The second-order valence-electron chi connectivity index (χ2n) is 10.1. The molecule has 3 heterocycles. The van der Waals surface area contributed by atoms with Crippen LogP contribution in [0.25, 0.3) is 44.5 Å². The molecule has 1 radical (unpaired) electrons. The molecule has 7 rings (SSSR count). The van der Waals surface area contributed by atoms with Crippen molar-refractivity contribution in [3.8, 4) is 22.5 Å². The standard InChI is InChI=1S/C20H18N.C17H10NO.Ir/c1-20(2,17-10-4-3-5-11-17)18-12-8-9-16(15-18)19-13-6-7-14-21-19;1-2-10-16-12(6-1)13-7-5-8-14(17(13)19-16)15-9-3-4-11-18-15;/h3-8,10-15H,1-2H3;1-7,9-11H;/q2*-1;. The minimum absolute atomic E-state index is 0. The fourth-order valence-electron chi connectivity index (χ4n) is 4.94. The molecular formula is C37H28IrN2O-2. The summed E-state index contributed by atoms with van der Waals surface area (Å²) in [6, 6.07) is 47.2. The van der Waals surface area contributed by atoms with Gasteiger partial charge in [-0.1, -0.05) is 97.6 Å². The van der Waals surface area contributed by atoms with Gasteiger partial charge in [-0.3, -0.25) is 0 Å².